The van der Waals surface area contributed by atoms with Gasteiger partial charge in [-0.1, -0.05) is 37.0 Å². The van der Waals surface area contributed by atoms with E-state index in [9.17, 15) is 9.59 Å². The Labute approximate surface area is 165 Å². The standard InChI is InChI=1S/C20H17Cl2NO4/c1-10(2)13-8-14-12(7-18(24)27-16(14)6-11(13)3)9-26-20(25)19-15(21)4-5-17(22)23-19/h4-8,10H,9H2,1-3H3. The molecule has 0 unspecified atom stereocenters. The molecule has 3 aromatic rings. The van der Waals surface area contributed by atoms with Crippen molar-refractivity contribution in [2.45, 2.75) is 33.3 Å². The molecular weight excluding hydrogens is 389 g/mol. The summed E-state index contributed by atoms with van der Waals surface area (Å²) >= 11 is 11.8. The Morgan fingerprint density at radius 1 is 1.22 bits per heavy atom. The van der Waals surface area contributed by atoms with Crippen molar-refractivity contribution in [1.82, 2.24) is 4.98 Å². The fourth-order valence-corrected chi connectivity index (χ4v) is 3.24. The lowest BCUT2D eigenvalue weighted by molar-refractivity contribution is 0.0467. The Kier molecular flexibility index (Phi) is 5.53. The number of pyridine rings is 1. The van der Waals surface area contributed by atoms with Gasteiger partial charge in [0.2, 0.25) is 0 Å². The summed E-state index contributed by atoms with van der Waals surface area (Å²) in [6, 6.07) is 8.06. The maximum atomic E-state index is 12.3. The van der Waals surface area contributed by atoms with E-state index in [4.69, 9.17) is 32.4 Å². The zero-order chi connectivity index (χ0) is 19.7. The van der Waals surface area contributed by atoms with Crippen LogP contribution in [-0.2, 0) is 11.3 Å². The summed E-state index contributed by atoms with van der Waals surface area (Å²) in [6.07, 6.45) is 0. The quantitative estimate of drug-likeness (QED) is 0.335. The molecule has 140 valence electrons. The summed E-state index contributed by atoms with van der Waals surface area (Å²) in [5.41, 5.74) is 2.58. The van der Waals surface area contributed by atoms with E-state index in [2.05, 4.69) is 18.8 Å². The summed E-state index contributed by atoms with van der Waals surface area (Å²) in [5, 5.41) is 0.996. The molecule has 0 N–H and O–H groups in total. The van der Waals surface area contributed by atoms with Crippen molar-refractivity contribution in [1.29, 1.82) is 0 Å². The minimum atomic E-state index is -0.722. The molecular formula is C20H17Cl2NO4. The predicted molar refractivity (Wildman–Crippen MR) is 105 cm³/mol. The number of halogens is 2. The van der Waals surface area contributed by atoms with E-state index < -0.39 is 11.6 Å². The second-order valence-electron chi connectivity index (χ2n) is 6.49. The first-order valence-corrected chi connectivity index (χ1v) is 9.08. The largest absolute Gasteiger partial charge is 0.456 e. The monoisotopic (exact) mass is 405 g/mol. The highest BCUT2D eigenvalue weighted by Gasteiger charge is 2.17. The van der Waals surface area contributed by atoms with Crippen LogP contribution in [0.4, 0.5) is 0 Å². The van der Waals surface area contributed by atoms with Crippen LogP contribution >= 0.6 is 23.2 Å². The number of carbonyl (C=O) groups excluding carboxylic acids is 1. The minimum Gasteiger partial charge on any atom is -0.456 e. The van der Waals surface area contributed by atoms with Crippen molar-refractivity contribution >= 4 is 40.1 Å². The summed E-state index contributed by atoms with van der Waals surface area (Å²) in [4.78, 5) is 28.1. The van der Waals surface area contributed by atoms with Gasteiger partial charge < -0.3 is 9.15 Å². The van der Waals surface area contributed by atoms with Crippen LogP contribution < -0.4 is 5.63 Å². The first-order chi connectivity index (χ1) is 12.8. The van der Waals surface area contributed by atoms with Crippen molar-refractivity contribution < 1.29 is 13.9 Å². The van der Waals surface area contributed by atoms with E-state index >= 15 is 0 Å². The molecule has 2 heterocycles. The number of esters is 1. The first kappa shape index (κ1) is 19.4. The maximum Gasteiger partial charge on any atom is 0.358 e. The molecule has 2 aromatic heterocycles. The lowest BCUT2D eigenvalue weighted by Gasteiger charge is -2.13. The minimum absolute atomic E-state index is 0.0739. The molecule has 0 amide bonds. The average molecular weight is 406 g/mol. The highest BCUT2D eigenvalue weighted by Crippen LogP contribution is 2.27. The van der Waals surface area contributed by atoms with Crippen LogP contribution in [0.5, 0.6) is 0 Å². The first-order valence-electron chi connectivity index (χ1n) is 8.32. The lowest BCUT2D eigenvalue weighted by Crippen LogP contribution is -2.10. The van der Waals surface area contributed by atoms with E-state index in [-0.39, 0.29) is 22.5 Å². The van der Waals surface area contributed by atoms with Crippen LogP contribution in [0.3, 0.4) is 0 Å². The number of aromatic nitrogens is 1. The Balaban J connectivity index is 1.96. The highest BCUT2D eigenvalue weighted by atomic mass is 35.5. The van der Waals surface area contributed by atoms with Gasteiger partial charge in [0.1, 0.15) is 17.3 Å². The topological polar surface area (TPSA) is 69.4 Å². The second kappa shape index (κ2) is 7.71. The number of benzene rings is 1. The zero-order valence-corrected chi connectivity index (χ0v) is 16.5. The third-order valence-electron chi connectivity index (χ3n) is 4.20. The third-order valence-corrected chi connectivity index (χ3v) is 4.72. The van der Waals surface area contributed by atoms with E-state index in [0.717, 1.165) is 16.5 Å². The van der Waals surface area contributed by atoms with Crippen LogP contribution in [0.1, 0.15) is 46.9 Å². The summed E-state index contributed by atoms with van der Waals surface area (Å²) in [7, 11) is 0. The van der Waals surface area contributed by atoms with E-state index in [1.165, 1.54) is 18.2 Å². The number of hydrogen-bond acceptors (Lipinski definition) is 5. The Morgan fingerprint density at radius 3 is 2.67 bits per heavy atom. The SMILES string of the molecule is Cc1cc2oc(=O)cc(COC(=O)c3nc(Cl)ccc3Cl)c2cc1C(C)C. The van der Waals surface area contributed by atoms with Gasteiger partial charge in [0.25, 0.3) is 0 Å². The van der Waals surface area contributed by atoms with Gasteiger partial charge in [-0.2, -0.15) is 0 Å². The summed E-state index contributed by atoms with van der Waals surface area (Å²) in [6.45, 7) is 6.01. The molecule has 1 aromatic carbocycles. The smallest absolute Gasteiger partial charge is 0.358 e. The predicted octanol–water partition coefficient (Wildman–Crippen LogP) is 5.28. The van der Waals surface area contributed by atoms with Crippen molar-refractivity contribution in [2.24, 2.45) is 0 Å². The second-order valence-corrected chi connectivity index (χ2v) is 7.29. The Morgan fingerprint density at radius 2 is 1.96 bits per heavy atom. The highest BCUT2D eigenvalue weighted by molar-refractivity contribution is 6.34. The third kappa shape index (κ3) is 4.15. The number of carbonyl (C=O) groups is 1. The maximum absolute atomic E-state index is 12.3. The molecule has 3 rings (SSSR count). The van der Waals surface area contributed by atoms with Gasteiger partial charge in [0.15, 0.2) is 5.69 Å². The van der Waals surface area contributed by atoms with Gasteiger partial charge in [-0.25, -0.2) is 14.6 Å². The van der Waals surface area contributed by atoms with E-state index in [1.807, 2.05) is 19.1 Å². The molecule has 0 radical (unpaired) electrons. The molecule has 7 heteroatoms. The fourth-order valence-electron chi connectivity index (χ4n) is 2.91. The van der Waals surface area contributed by atoms with Crippen LogP contribution in [0.15, 0.2) is 39.5 Å². The van der Waals surface area contributed by atoms with Crippen molar-refractivity contribution in [3.63, 3.8) is 0 Å². The number of rotatable bonds is 4. The van der Waals surface area contributed by atoms with Crippen LogP contribution in [0, 0.1) is 6.92 Å². The summed E-state index contributed by atoms with van der Waals surface area (Å²) in [5.74, 6) is -0.425. The Bertz CT molecular complexity index is 1090. The van der Waals surface area contributed by atoms with Gasteiger partial charge in [0, 0.05) is 17.0 Å². The van der Waals surface area contributed by atoms with Crippen molar-refractivity contribution in [3.05, 3.63) is 73.3 Å². The van der Waals surface area contributed by atoms with Gasteiger partial charge >= 0.3 is 11.6 Å². The van der Waals surface area contributed by atoms with Crippen LogP contribution in [0.2, 0.25) is 10.2 Å². The molecule has 0 bridgehead atoms. The molecule has 0 aliphatic rings. The number of fused-ring (bicyclic) bond motifs is 1. The molecule has 0 aliphatic carbocycles. The lowest BCUT2D eigenvalue weighted by atomic mass is 9.95. The number of hydrogen-bond donors (Lipinski definition) is 0. The Hall–Kier alpha value is -2.37. The number of aryl methyl sites for hydroxylation is 1. The van der Waals surface area contributed by atoms with Gasteiger partial charge in [-0.05, 0) is 48.2 Å². The van der Waals surface area contributed by atoms with Crippen molar-refractivity contribution in [3.8, 4) is 0 Å². The molecule has 0 saturated heterocycles. The number of nitrogens with zero attached hydrogens (tertiary/aromatic N) is 1. The molecule has 0 saturated carbocycles. The van der Waals surface area contributed by atoms with Gasteiger partial charge in [-0.3, -0.25) is 0 Å². The normalized spacial score (nSPS) is 11.2. The van der Waals surface area contributed by atoms with Gasteiger partial charge in [0.05, 0.1) is 5.02 Å². The summed E-state index contributed by atoms with van der Waals surface area (Å²) < 4.78 is 10.6. The van der Waals surface area contributed by atoms with Crippen LogP contribution in [-0.4, -0.2) is 11.0 Å². The average Bonchev–Trinajstić information content (AvgIpc) is 2.60. The van der Waals surface area contributed by atoms with E-state index in [1.54, 1.807) is 0 Å². The molecule has 0 spiro atoms. The molecule has 0 aliphatic heterocycles. The molecule has 0 fully saturated rings. The fraction of sp³-hybridized carbons (Fsp3) is 0.250. The van der Waals surface area contributed by atoms with Gasteiger partial charge in [-0.15, -0.1) is 0 Å². The molecule has 0 atom stereocenters. The molecule has 27 heavy (non-hydrogen) atoms. The number of ether oxygens (including phenoxy) is 1. The van der Waals surface area contributed by atoms with E-state index in [0.29, 0.717) is 17.1 Å². The van der Waals surface area contributed by atoms with Crippen LogP contribution in [0.25, 0.3) is 11.0 Å². The zero-order valence-electron chi connectivity index (χ0n) is 15.0. The molecule has 5 nitrogen and oxygen atoms in total. The van der Waals surface area contributed by atoms with Crippen molar-refractivity contribution in [2.75, 3.05) is 0 Å².